The van der Waals surface area contributed by atoms with Gasteiger partial charge in [-0.3, -0.25) is 4.79 Å². The zero-order valence-electron chi connectivity index (χ0n) is 11.1. The summed E-state index contributed by atoms with van der Waals surface area (Å²) in [5.74, 6) is 1.65. The molecule has 1 aliphatic rings. The van der Waals surface area contributed by atoms with Crippen LogP contribution in [-0.2, 0) is 0 Å². The van der Waals surface area contributed by atoms with E-state index in [-0.39, 0.29) is 5.91 Å². The Kier molecular flexibility index (Phi) is 4.93. The first kappa shape index (κ1) is 14.5. The van der Waals surface area contributed by atoms with E-state index in [1.165, 1.54) is 6.20 Å². The second kappa shape index (κ2) is 6.48. The molecule has 1 atom stereocenters. The topological polar surface area (TPSA) is 45.2 Å². The highest BCUT2D eigenvalue weighted by atomic mass is 35.5. The number of rotatable bonds is 3. The lowest BCUT2D eigenvalue weighted by Gasteiger charge is -2.32. The van der Waals surface area contributed by atoms with Crippen LogP contribution in [0.3, 0.4) is 0 Å². The summed E-state index contributed by atoms with van der Waals surface area (Å²) in [6.07, 6.45) is 2.61. The molecule has 1 saturated heterocycles. The largest absolute Gasteiger partial charge is 0.373 e. The lowest BCUT2D eigenvalue weighted by atomic mass is 10.2. The lowest BCUT2D eigenvalue weighted by molar-refractivity contribution is 0.0761. The van der Waals surface area contributed by atoms with Gasteiger partial charge in [0.1, 0.15) is 5.82 Å². The summed E-state index contributed by atoms with van der Waals surface area (Å²) in [4.78, 5) is 18.5. The molecule has 0 bridgehead atoms. The van der Waals surface area contributed by atoms with E-state index in [4.69, 9.17) is 11.6 Å². The molecule has 1 unspecified atom stereocenters. The van der Waals surface area contributed by atoms with Crippen LogP contribution in [0.4, 0.5) is 5.82 Å². The Labute approximate surface area is 122 Å². The zero-order valence-corrected chi connectivity index (χ0v) is 12.7. The fraction of sp³-hybridized carbons (Fsp3) is 0.538. The molecular weight excluding hydrogens is 282 g/mol. The summed E-state index contributed by atoms with van der Waals surface area (Å²) in [6.45, 7) is 3.74. The van der Waals surface area contributed by atoms with Crippen molar-refractivity contribution < 1.29 is 4.79 Å². The van der Waals surface area contributed by atoms with Gasteiger partial charge in [0.15, 0.2) is 0 Å². The molecule has 1 amide bonds. The summed E-state index contributed by atoms with van der Waals surface area (Å²) in [6, 6.07) is 1.72. The first-order valence-electron chi connectivity index (χ1n) is 6.39. The summed E-state index contributed by atoms with van der Waals surface area (Å²) >= 11 is 8.03. The molecule has 4 nitrogen and oxygen atoms in total. The molecule has 0 saturated carbocycles. The highest BCUT2D eigenvalue weighted by Gasteiger charge is 2.25. The van der Waals surface area contributed by atoms with Crippen LogP contribution in [0.2, 0.25) is 5.02 Å². The van der Waals surface area contributed by atoms with E-state index in [0.29, 0.717) is 21.7 Å². The van der Waals surface area contributed by atoms with Gasteiger partial charge in [-0.25, -0.2) is 4.98 Å². The van der Waals surface area contributed by atoms with Crippen LogP contribution in [0.1, 0.15) is 23.7 Å². The van der Waals surface area contributed by atoms with Crippen molar-refractivity contribution in [1.29, 1.82) is 0 Å². The quantitative estimate of drug-likeness (QED) is 0.932. The van der Waals surface area contributed by atoms with Crippen LogP contribution in [0.25, 0.3) is 0 Å². The monoisotopic (exact) mass is 299 g/mol. The number of hydrogen-bond acceptors (Lipinski definition) is 4. The van der Waals surface area contributed by atoms with Gasteiger partial charge in [-0.1, -0.05) is 18.5 Å². The molecule has 0 aromatic carbocycles. The van der Waals surface area contributed by atoms with E-state index in [1.807, 2.05) is 16.7 Å². The number of amides is 1. The van der Waals surface area contributed by atoms with Gasteiger partial charge in [-0.05, 0) is 12.5 Å². The van der Waals surface area contributed by atoms with Crippen molar-refractivity contribution in [1.82, 2.24) is 9.88 Å². The van der Waals surface area contributed by atoms with Crippen molar-refractivity contribution in [2.24, 2.45) is 0 Å². The fourth-order valence-corrected chi connectivity index (χ4v) is 3.42. The molecule has 1 aromatic rings. The highest BCUT2D eigenvalue weighted by molar-refractivity contribution is 8.00. The molecular formula is C13H18ClN3OS. The minimum absolute atomic E-state index is 0.00245. The average Bonchev–Trinajstić information content (AvgIpc) is 2.47. The van der Waals surface area contributed by atoms with Gasteiger partial charge in [0.2, 0.25) is 0 Å². The maximum atomic E-state index is 12.5. The summed E-state index contributed by atoms with van der Waals surface area (Å²) in [7, 11) is 1.77. The smallest absolute Gasteiger partial charge is 0.255 e. The number of thioether (sulfide) groups is 1. The number of halogens is 1. The second-order valence-corrected chi connectivity index (χ2v) is 6.27. The van der Waals surface area contributed by atoms with Gasteiger partial charge in [0, 0.05) is 37.3 Å². The molecule has 1 aliphatic heterocycles. The molecule has 6 heteroatoms. The van der Waals surface area contributed by atoms with E-state index in [2.05, 4.69) is 17.2 Å². The molecule has 1 N–H and O–H groups in total. The first-order chi connectivity index (χ1) is 9.15. The number of carbonyl (C=O) groups excluding carboxylic acids is 1. The summed E-state index contributed by atoms with van der Waals surface area (Å²) in [5.41, 5.74) is 0.530. The number of nitrogens with one attached hydrogen (secondary N) is 1. The van der Waals surface area contributed by atoms with Crippen molar-refractivity contribution in [3.8, 4) is 0 Å². The SMILES string of the molecule is CCC1CN(C(=O)c2cc(NC)ncc2Cl)CCS1. The molecule has 2 heterocycles. The third-order valence-corrected chi connectivity index (χ3v) is 4.90. The van der Waals surface area contributed by atoms with E-state index >= 15 is 0 Å². The zero-order chi connectivity index (χ0) is 13.8. The van der Waals surface area contributed by atoms with E-state index in [0.717, 1.165) is 25.3 Å². The maximum Gasteiger partial charge on any atom is 0.255 e. The molecule has 2 rings (SSSR count). The standard InChI is InChI=1S/C13H18ClN3OS/c1-3-9-8-17(4-5-19-9)13(18)10-6-12(15-2)16-7-11(10)14/h6-7,9H,3-5,8H2,1-2H3,(H,15,16). The number of anilines is 1. The van der Waals surface area contributed by atoms with Crippen LogP contribution in [-0.4, -0.2) is 46.9 Å². The molecule has 1 aromatic heterocycles. The maximum absolute atomic E-state index is 12.5. The number of aromatic nitrogens is 1. The predicted octanol–water partition coefficient (Wildman–Crippen LogP) is 2.74. The van der Waals surface area contributed by atoms with Crippen LogP contribution >= 0.6 is 23.4 Å². The van der Waals surface area contributed by atoms with E-state index in [1.54, 1.807) is 13.1 Å². The van der Waals surface area contributed by atoms with Gasteiger partial charge >= 0.3 is 0 Å². The molecule has 0 radical (unpaired) electrons. The average molecular weight is 300 g/mol. The molecule has 19 heavy (non-hydrogen) atoms. The third-order valence-electron chi connectivity index (χ3n) is 3.22. The predicted molar refractivity (Wildman–Crippen MR) is 81.2 cm³/mol. The van der Waals surface area contributed by atoms with Crippen molar-refractivity contribution in [3.63, 3.8) is 0 Å². The molecule has 0 spiro atoms. The Morgan fingerprint density at radius 3 is 3.16 bits per heavy atom. The molecule has 104 valence electrons. The second-order valence-electron chi connectivity index (χ2n) is 4.45. The Morgan fingerprint density at radius 2 is 2.47 bits per heavy atom. The lowest BCUT2D eigenvalue weighted by Crippen LogP contribution is -2.41. The van der Waals surface area contributed by atoms with Gasteiger partial charge in [0.05, 0.1) is 10.6 Å². The summed E-state index contributed by atoms with van der Waals surface area (Å²) in [5, 5.41) is 3.87. The molecule has 1 fully saturated rings. The minimum Gasteiger partial charge on any atom is -0.373 e. The van der Waals surface area contributed by atoms with Crippen LogP contribution in [0.5, 0.6) is 0 Å². The van der Waals surface area contributed by atoms with Gasteiger partial charge < -0.3 is 10.2 Å². The van der Waals surface area contributed by atoms with Crippen molar-refractivity contribution >= 4 is 35.1 Å². The Hall–Kier alpha value is -0.940. The van der Waals surface area contributed by atoms with Gasteiger partial charge in [0.25, 0.3) is 5.91 Å². The number of nitrogens with zero attached hydrogens (tertiary/aromatic N) is 2. The molecule has 0 aliphatic carbocycles. The normalized spacial score (nSPS) is 19.3. The Bertz CT molecular complexity index is 469. The Balaban J connectivity index is 2.18. The number of hydrogen-bond donors (Lipinski definition) is 1. The number of pyridine rings is 1. The van der Waals surface area contributed by atoms with Crippen molar-refractivity contribution in [2.75, 3.05) is 31.2 Å². The highest BCUT2D eigenvalue weighted by Crippen LogP contribution is 2.25. The van der Waals surface area contributed by atoms with Gasteiger partial charge in [-0.15, -0.1) is 0 Å². The third kappa shape index (κ3) is 3.34. The van der Waals surface area contributed by atoms with E-state index < -0.39 is 0 Å². The fourth-order valence-electron chi connectivity index (χ4n) is 2.06. The van der Waals surface area contributed by atoms with Crippen LogP contribution < -0.4 is 5.32 Å². The van der Waals surface area contributed by atoms with Crippen LogP contribution in [0.15, 0.2) is 12.3 Å². The van der Waals surface area contributed by atoms with E-state index in [9.17, 15) is 4.79 Å². The minimum atomic E-state index is 0.00245. The summed E-state index contributed by atoms with van der Waals surface area (Å²) < 4.78 is 0. The van der Waals surface area contributed by atoms with Gasteiger partial charge in [-0.2, -0.15) is 11.8 Å². The van der Waals surface area contributed by atoms with Crippen molar-refractivity contribution in [2.45, 2.75) is 18.6 Å². The van der Waals surface area contributed by atoms with Crippen LogP contribution in [0, 0.1) is 0 Å². The Morgan fingerprint density at radius 1 is 1.68 bits per heavy atom. The van der Waals surface area contributed by atoms with Crippen molar-refractivity contribution in [3.05, 3.63) is 22.8 Å². The first-order valence-corrected chi connectivity index (χ1v) is 7.82. The number of carbonyl (C=O) groups is 1.